The van der Waals surface area contributed by atoms with Gasteiger partial charge in [-0.15, -0.1) is 0 Å². The fourth-order valence-electron chi connectivity index (χ4n) is 3.40. The van der Waals surface area contributed by atoms with Crippen molar-refractivity contribution in [3.63, 3.8) is 0 Å². The van der Waals surface area contributed by atoms with Gasteiger partial charge >= 0.3 is 5.97 Å². The number of imidazole rings is 1. The first-order valence-corrected chi connectivity index (χ1v) is 10.2. The van der Waals surface area contributed by atoms with Crippen LogP contribution in [0.1, 0.15) is 24.5 Å². The van der Waals surface area contributed by atoms with Crippen molar-refractivity contribution in [3.8, 4) is 11.5 Å². The van der Waals surface area contributed by atoms with E-state index in [1.54, 1.807) is 11.5 Å². The molecule has 3 rings (SSSR count). The SMILES string of the molecule is CCOC(=O)CCN(C)Cc1ccc(Oc2cccc3c2nc(N)n3C)cc1CC=O. The topological polar surface area (TPSA) is 99.7 Å². The van der Waals surface area contributed by atoms with Crippen LogP contribution < -0.4 is 10.5 Å². The van der Waals surface area contributed by atoms with Crippen LogP contribution >= 0.6 is 0 Å². The number of aryl methyl sites for hydroxylation is 1. The molecule has 1 aromatic heterocycles. The number of anilines is 1. The van der Waals surface area contributed by atoms with Crippen LogP contribution in [-0.4, -0.2) is 46.9 Å². The zero-order chi connectivity index (χ0) is 22.4. The van der Waals surface area contributed by atoms with Gasteiger partial charge in [-0.1, -0.05) is 12.1 Å². The first-order chi connectivity index (χ1) is 14.9. The average Bonchev–Trinajstić information content (AvgIpc) is 3.04. The Morgan fingerprint density at radius 2 is 2.06 bits per heavy atom. The molecule has 0 radical (unpaired) electrons. The minimum absolute atomic E-state index is 0.212. The summed E-state index contributed by atoms with van der Waals surface area (Å²) in [5.74, 6) is 1.41. The maximum Gasteiger partial charge on any atom is 0.307 e. The summed E-state index contributed by atoms with van der Waals surface area (Å²) in [7, 11) is 3.78. The molecule has 0 amide bonds. The Bertz CT molecular complexity index is 1080. The molecule has 0 fully saturated rings. The summed E-state index contributed by atoms with van der Waals surface area (Å²) in [6, 6.07) is 11.3. The standard InChI is InChI=1S/C23H28N4O4/c1-4-30-21(29)10-12-26(2)15-17-8-9-18(14-16(17)11-13-28)31-20-7-5-6-19-22(20)25-23(24)27(19)3/h5-9,13-14H,4,10-12,15H2,1-3H3,(H2,24,25). The minimum atomic E-state index is -0.212. The van der Waals surface area contributed by atoms with Crippen molar-refractivity contribution in [2.24, 2.45) is 7.05 Å². The van der Waals surface area contributed by atoms with Gasteiger partial charge in [0.1, 0.15) is 17.6 Å². The van der Waals surface area contributed by atoms with E-state index in [0.717, 1.165) is 22.9 Å². The Labute approximate surface area is 181 Å². The second kappa shape index (κ2) is 10.1. The highest BCUT2D eigenvalue weighted by atomic mass is 16.5. The monoisotopic (exact) mass is 424 g/mol. The third kappa shape index (κ3) is 5.40. The highest BCUT2D eigenvalue weighted by Crippen LogP contribution is 2.31. The number of nitrogen functional groups attached to an aromatic ring is 1. The molecule has 0 aliphatic heterocycles. The molecule has 8 heteroatoms. The van der Waals surface area contributed by atoms with Crippen LogP contribution in [0.5, 0.6) is 11.5 Å². The lowest BCUT2D eigenvalue weighted by Gasteiger charge is -2.19. The zero-order valence-corrected chi connectivity index (χ0v) is 18.1. The van der Waals surface area contributed by atoms with Crippen LogP contribution in [0.15, 0.2) is 36.4 Å². The number of ether oxygens (including phenoxy) is 2. The van der Waals surface area contributed by atoms with Gasteiger partial charge < -0.3 is 29.5 Å². The Morgan fingerprint density at radius 3 is 2.81 bits per heavy atom. The number of esters is 1. The van der Waals surface area contributed by atoms with E-state index in [0.29, 0.717) is 49.1 Å². The lowest BCUT2D eigenvalue weighted by Crippen LogP contribution is -2.23. The van der Waals surface area contributed by atoms with E-state index in [1.807, 2.05) is 55.4 Å². The molecule has 0 saturated heterocycles. The van der Waals surface area contributed by atoms with Gasteiger partial charge in [-0.25, -0.2) is 4.98 Å². The molecular formula is C23H28N4O4. The molecule has 164 valence electrons. The predicted molar refractivity (Wildman–Crippen MR) is 119 cm³/mol. The third-order valence-electron chi connectivity index (χ3n) is 5.06. The lowest BCUT2D eigenvalue weighted by atomic mass is 10.0. The Kier molecular flexibility index (Phi) is 7.25. The Balaban J connectivity index is 1.77. The largest absolute Gasteiger partial charge is 0.466 e. The molecule has 8 nitrogen and oxygen atoms in total. The molecule has 0 spiro atoms. The van der Waals surface area contributed by atoms with Crippen molar-refractivity contribution in [2.45, 2.75) is 26.3 Å². The second-order valence-corrected chi connectivity index (χ2v) is 7.35. The molecule has 0 saturated carbocycles. The molecule has 0 atom stereocenters. The summed E-state index contributed by atoms with van der Waals surface area (Å²) in [5.41, 5.74) is 9.37. The number of carbonyl (C=O) groups excluding carboxylic acids is 2. The Hall–Kier alpha value is -3.39. The van der Waals surface area contributed by atoms with Crippen molar-refractivity contribution in [3.05, 3.63) is 47.5 Å². The van der Waals surface area contributed by atoms with Crippen molar-refractivity contribution in [2.75, 3.05) is 25.9 Å². The van der Waals surface area contributed by atoms with Crippen molar-refractivity contribution in [1.29, 1.82) is 0 Å². The smallest absolute Gasteiger partial charge is 0.307 e. The van der Waals surface area contributed by atoms with Crippen molar-refractivity contribution >= 4 is 29.2 Å². The maximum atomic E-state index is 11.6. The highest BCUT2D eigenvalue weighted by Gasteiger charge is 2.13. The van der Waals surface area contributed by atoms with Gasteiger partial charge in [0.15, 0.2) is 5.75 Å². The summed E-state index contributed by atoms with van der Waals surface area (Å²) < 4.78 is 12.9. The first kappa shape index (κ1) is 22.3. The number of nitrogens with zero attached hydrogens (tertiary/aromatic N) is 3. The molecule has 2 aromatic carbocycles. The number of fused-ring (bicyclic) bond motifs is 1. The number of hydrogen-bond donors (Lipinski definition) is 1. The fourth-order valence-corrected chi connectivity index (χ4v) is 3.40. The van der Waals surface area contributed by atoms with Crippen LogP contribution in [0.25, 0.3) is 11.0 Å². The van der Waals surface area contributed by atoms with E-state index in [2.05, 4.69) is 4.98 Å². The van der Waals surface area contributed by atoms with E-state index in [-0.39, 0.29) is 12.4 Å². The van der Waals surface area contributed by atoms with Gasteiger partial charge in [-0.2, -0.15) is 0 Å². The molecule has 0 aliphatic carbocycles. The number of carbonyl (C=O) groups is 2. The molecule has 0 bridgehead atoms. The Morgan fingerprint density at radius 1 is 1.26 bits per heavy atom. The molecule has 31 heavy (non-hydrogen) atoms. The second-order valence-electron chi connectivity index (χ2n) is 7.35. The number of para-hydroxylation sites is 1. The van der Waals surface area contributed by atoms with E-state index in [1.165, 1.54) is 0 Å². The zero-order valence-electron chi connectivity index (χ0n) is 18.1. The quantitative estimate of drug-likeness (QED) is 0.394. The van der Waals surface area contributed by atoms with Crippen LogP contribution in [-0.2, 0) is 34.3 Å². The van der Waals surface area contributed by atoms with Crippen molar-refractivity contribution < 1.29 is 19.1 Å². The van der Waals surface area contributed by atoms with E-state index in [4.69, 9.17) is 15.2 Å². The van der Waals surface area contributed by atoms with Gasteiger partial charge in [-0.05, 0) is 49.4 Å². The van der Waals surface area contributed by atoms with Gasteiger partial charge in [0.05, 0.1) is 18.5 Å². The third-order valence-corrected chi connectivity index (χ3v) is 5.06. The number of aldehydes is 1. The summed E-state index contributed by atoms with van der Waals surface area (Å²) >= 11 is 0. The number of hydrogen-bond acceptors (Lipinski definition) is 7. The van der Waals surface area contributed by atoms with Crippen LogP contribution in [0.2, 0.25) is 0 Å². The van der Waals surface area contributed by atoms with Crippen LogP contribution in [0.4, 0.5) is 5.95 Å². The molecule has 2 N–H and O–H groups in total. The molecule has 1 heterocycles. The van der Waals surface area contributed by atoms with E-state index >= 15 is 0 Å². The van der Waals surface area contributed by atoms with Crippen LogP contribution in [0, 0.1) is 0 Å². The summed E-state index contributed by atoms with van der Waals surface area (Å²) in [6.45, 7) is 3.35. The highest BCUT2D eigenvalue weighted by molar-refractivity contribution is 5.84. The average molecular weight is 425 g/mol. The van der Waals surface area contributed by atoms with Gasteiger partial charge in [0.2, 0.25) is 5.95 Å². The molecular weight excluding hydrogens is 396 g/mol. The molecule has 0 unspecified atom stereocenters. The first-order valence-electron chi connectivity index (χ1n) is 10.2. The maximum absolute atomic E-state index is 11.6. The number of rotatable bonds is 10. The number of benzene rings is 2. The van der Waals surface area contributed by atoms with Crippen LogP contribution in [0.3, 0.4) is 0 Å². The minimum Gasteiger partial charge on any atom is -0.466 e. The van der Waals surface area contributed by atoms with Gasteiger partial charge in [-0.3, -0.25) is 4.79 Å². The van der Waals surface area contributed by atoms with E-state index in [9.17, 15) is 9.59 Å². The lowest BCUT2D eigenvalue weighted by molar-refractivity contribution is -0.143. The fraction of sp³-hybridized carbons (Fsp3) is 0.348. The summed E-state index contributed by atoms with van der Waals surface area (Å²) in [4.78, 5) is 29.2. The number of aromatic nitrogens is 2. The van der Waals surface area contributed by atoms with Crippen molar-refractivity contribution in [1.82, 2.24) is 14.5 Å². The summed E-state index contributed by atoms with van der Waals surface area (Å²) in [5, 5.41) is 0. The number of nitrogens with two attached hydrogens (primary N) is 1. The normalized spacial score (nSPS) is 11.1. The molecule has 0 aliphatic rings. The van der Waals surface area contributed by atoms with Gasteiger partial charge in [0, 0.05) is 26.6 Å². The van der Waals surface area contributed by atoms with E-state index < -0.39 is 0 Å². The van der Waals surface area contributed by atoms with Gasteiger partial charge in [0.25, 0.3) is 0 Å². The molecule has 3 aromatic rings. The predicted octanol–water partition coefficient (Wildman–Crippen LogP) is 3.07. The summed E-state index contributed by atoms with van der Waals surface area (Å²) in [6.07, 6.45) is 1.48.